The predicted molar refractivity (Wildman–Crippen MR) is 96.0 cm³/mol. The molecule has 0 aliphatic carbocycles. The van der Waals surface area contributed by atoms with Crippen LogP contribution >= 0.6 is 0 Å². The van der Waals surface area contributed by atoms with Crippen LogP contribution in [0.25, 0.3) is 11.0 Å². The molecule has 0 spiro atoms. The first-order chi connectivity index (χ1) is 12.0. The lowest BCUT2D eigenvalue weighted by atomic mass is 9.90. The molecule has 1 fully saturated rings. The lowest BCUT2D eigenvalue weighted by molar-refractivity contribution is -0.133. The van der Waals surface area contributed by atoms with Crippen molar-refractivity contribution >= 4 is 22.8 Å². The van der Waals surface area contributed by atoms with E-state index in [4.69, 9.17) is 5.73 Å². The summed E-state index contributed by atoms with van der Waals surface area (Å²) in [5.41, 5.74) is 7.30. The van der Waals surface area contributed by atoms with Crippen LogP contribution in [0.2, 0.25) is 0 Å². The van der Waals surface area contributed by atoms with Crippen molar-refractivity contribution in [1.29, 1.82) is 0 Å². The lowest BCUT2D eigenvalue weighted by Gasteiger charge is -2.35. The number of aromatic nitrogens is 2. The Balaban J connectivity index is 1.56. The molecule has 134 valence electrons. The van der Waals surface area contributed by atoms with Crippen LogP contribution in [-0.2, 0) is 4.79 Å². The van der Waals surface area contributed by atoms with Gasteiger partial charge in [0.25, 0.3) is 5.91 Å². The highest BCUT2D eigenvalue weighted by atomic mass is 16.2. The van der Waals surface area contributed by atoms with Crippen LogP contribution in [0, 0.1) is 5.92 Å². The van der Waals surface area contributed by atoms with Gasteiger partial charge in [0, 0.05) is 19.1 Å². The fraction of sp³-hybridized carbons (Fsp3) is 0.500. The minimum atomic E-state index is -0.457. The molecule has 1 aromatic heterocycles. The second-order valence-corrected chi connectivity index (χ2v) is 6.82. The molecule has 7 heteroatoms. The highest BCUT2D eigenvalue weighted by Gasteiger charge is 2.28. The standard InChI is InChI=1S/C18H25N5O2/c1-11(19)18(25)23-9-7-13(8-10-23)12(2)20-17(24)16-21-14-5-3-4-6-15(14)22-16/h3-6,11-13H,7-10,19H2,1-2H3,(H,20,24)(H,21,22). The van der Waals surface area contributed by atoms with E-state index in [1.165, 1.54) is 0 Å². The third-order valence-corrected chi connectivity index (χ3v) is 4.91. The monoisotopic (exact) mass is 343 g/mol. The number of carbonyl (C=O) groups excluding carboxylic acids is 2. The smallest absolute Gasteiger partial charge is 0.287 e. The summed E-state index contributed by atoms with van der Waals surface area (Å²) in [4.78, 5) is 33.6. The summed E-state index contributed by atoms with van der Waals surface area (Å²) in [5.74, 6) is 0.471. The van der Waals surface area contributed by atoms with Crippen LogP contribution < -0.4 is 11.1 Å². The molecule has 25 heavy (non-hydrogen) atoms. The molecule has 1 aromatic carbocycles. The van der Waals surface area contributed by atoms with Crippen molar-refractivity contribution in [3.05, 3.63) is 30.1 Å². The number of piperidine rings is 1. The molecule has 7 nitrogen and oxygen atoms in total. The minimum absolute atomic E-state index is 0.00239. The van der Waals surface area contributed by atoms with Gasteiger partial charge in [-0.05, 0) is 44.7 Å². The number of nitrogens with zero attached hydrogens (tertiary/aromatic N) is 2. The van der Waals surface area contributed by atoms with Gasteiger partial charge in [0.05, 0.1) is 17.1 Å². The molecule has 1 aliphatic heterocycles. The number of H-pyrrole nitrogens is 1. The van der Waals surface area contributed by atoms with Crippen molar-refractivity contribution in [3.63, 3.8) is 0 Å². The maximum atomic E-state index is 12.4. The molecule has 2 amide bonds. The van der Waals surface area contributed by atoms with E-state index in [9.17, 15) is 9.59 Å². The van der Waals surface area contributed by atoms with Crippen LogP contribution in [0.3, 0.4) is 0 Å². The topological polar surface area (TPSA) is 104 Å². The van der Waals surface area contributed by atoms with E-state index in [1.807, 2.05) is 36.1 Å². The van der Waals surface area contributed by atoms with Crippen molar-refractivity contribution in [3.8, 4) is 0 Å². The molecule has 1 saturated heterocycles. The Morgan fingerprint density at radius 1 is 1.28 bits per heavy atom. The van der Waals surface area contributed by atoms with E-state index < -0.39 is 6.04 Å². The Labute approximate surface area is 147 Å². The first kappa shape index (κ1) is 17.4. The molecule has 0 bridgehead atoms. The number of para-hydroxylation sites is 2. The van der Waals surface area contributed by atoms with Crippen LogP contribution in [-0.4, -0.2) is 51.9 Å². The van der Waals surface area contributed by atoms with Gasteiger partial charge in [-0.25, -0.2) is 4.98 Å². The van der Waals surface area contributed by atoms with Crippen LogP contribution in [0.4, 0.5) is 0 Å². The van der Waals surface area contributed by atoms with Gasteiger partial charge in [-0.1, -0.05) is 12.1 Å². The summed E-state index contributed by atoms with van der Waals surface area (Å²) in [6.07, 6.45) is 1.72. The first-order valence-corrected chi connectivity index (χ1v) is 8.75. The van der Waals surface area contributed by atoms with Gasteiger partial charge in [0.1, 0.15) is 0 Å². The third-order valence-electron chi connectivity index (χ3n) is 4.91. The minimum Gasteiger partial charge on any atom is -0.347 e. The molecule has 2 aromatic rings. The second kappa shape index (κ2) is 7.23. The fourth-order valence-corrected chi connectivity index (χ4v) is 3.36. The number of nitrogens with two attached hydrogens (primary N) is 1. The number of aromatic amines is 1. The van der Waals surface area contributed by atoms with Gasteiger partial charge in [-0.15, -0.1) is 0 Å². The van der Waals surface area contributed by atoms with E-state index in [-0.39, 0.29) is 17.9 Å². The van der Waals surface area contributed by atoms with Gasteiger partial charge < -0.3 is 20.9 Å². The Morgan fingerprint density at radius 2 is 1.96 bits per heavy atom. The van der Waals surface area contributed by atoms with E-state index >= 15 is 0 Å². The number of imidazole rings is 1. The highest BCUT2D eigenvalue weighted by Crippen LogP contribution is 2.21. The number of nitrogens with one attached hydrogen (secondary N) is 2. The quantitative estimate of drug-likeness (QED) is 0.777. The number of hydrogen-bond acceptors (Lipinski definition) is 4. The fourth-order valence-electron chi connectivity index (χ4n) is 3.36. The van der Waals surface area contributed by atoms with Crippen molar-refractivity contribution in [2.45, 2.75) is 38.8 Å². The second-order valence-electron chi connectivity index (χ2n) is 6.82. The Bertz CT molecular complexity index is 729. The maximum absolute atomic E-state index is 12.4. The molecule has 1 aliphatic rings. The molecule has 4 N–H and O–H groups in total. The van der Waals surface area contributed by atoms with Crippen molar-refractivity contribution in [1.82, 2.24) is 20.2 Å². The third kappa shape index (κ3) is 3.82. The SMILES string of the molecule is CC(N)C(=O)N1CCC(C(C)NC(=O)c2nc3ccccc3[nH]2)CC1. The van der Waals surface area contributed by atoms with Crippen LogP contribution in [0.15, 0.2) is 24.3 Å². The molecule has 2 unspecified atom stereocenters. The number of fused-ring (bicyclic) bond motifs is 1. The zero-order chi connectivity index (χ0) is 18.0. The van der Waals surface area contributed by atoms with Crippen molar-refractivity contribution in [2.24, 2.45) is 11.7 Å². The molecule has 0 saturated carbocycles. The highest BCUT2D eigenvalue weighted by molar-refractivity contribution is 5.94. The van der Waals surface area contributed by atoms with E-state index in [1.54, 1.807) is 6.92 Å². The molecule has 3 rings (SSSR count). The lowest BCUT2D eigenvalue weighted by Crippen LogP contribution is -2.49. The van der Waals surface area contributed by atoms with Gasteiger partial charge in [0.15, 0.2) is 5.82 Å². The van der Waals surface area contributed by atoms with E-state index in [0.29, 0.717) is 24.8 Å². The molecule has 2 heterocycles. The summed E-state index contributed by atoms with van der Waals surface area (Å²) in [6.45, 7) is 5.10. The summed E-state index contributed by atoms with van der Waals surface area (Å²) in [6, 6.07) is 7.13. The maximum Gasteiger partial charge on any atom is 0.287 e. The number of likely N-dealkylation sites (tertiary alicyclic amines) is 1. The van der Waals surface area contributed by atoms with E-state index in [0.717, 1.165) is 23.9 Å². The molecular formula is C18H25N5O2. The normalized spacial score (nSPS) is 18.1. The summed E-state index contributed by atoms with van der Waals surface area (Å²) in [7, 11) is 0. The first-order valence-electron chi connectivity index (χ1n) is 8.75. The largest absolute Gasteiger partial charge is 0.347 e. The molecule has 0 radical (unpaired) electrons. The number of benzene rings is 1. The number of hydrogen-bond donors (Lipinski definition) is 3. The molecular weight excluding hydrogens is 318 g/mol. The number of rotatable bonds is 4. The zero-order valence-electron chi connectivity index (χ0n) is 14.7. The van der Waals surface area contributed by atoms with E-state index in [2.05, 4.69) is 15.3 Å². The molecule has 2 atom stereocenters. The van der Waals surface area contributed by atoms with Gasteiger partial charge >= 0.3 is 0 Å². The number of amides is 2. The summed E-state index contributed by atoms with van der Waals surface area (Å²) >= 11 is 0. The van der Waals surface area contributed by atoms with Gasteiger partial charge in [-0.2, -0.15) is 0 Å². The Kier molecular flexibility index (Phi) is 5.03. The average Bonchev–Trinajstić information content (AvgIpc) is 3.05. The summed E-state index contributed by atoms with van der Waals surface area (Å²) < 4.78 is 0. The van der Waals surface area contributed by atoms with Gasteiger partial charge in [0.2, 0.25) is 5.91 Å². The van der Waals surface area contributed by atoms with Crippen LogP contribution in [0.5, 0.6) is 0 Å². The predicted octanol–water partition coefficient (Wildman–Crippen LogP) is 1.27. The Hall–Kier alpha value is -2.41. The zero-order valence-corrected chi connectivity index (χ0v) is 14.7. The summed E-state index contributed by atoms with van der Waals surface area (Å²) in [5, 5.41) is 3.03. The number of carbonyl (C=O) groups is 2. The Morgan fingerprint density at radius 3 is 2.60 bits per heavy atom. The van der Waals surface area contributed by atoms with Crippen LogP contribution in [0.1, 0.15) is 37.3 Å². The van der Waals surface area contributed by atoms with Crippen molar-refractivity contribution in [2.75, 3.05) is 13.1 Å². The average molecular weight is 343 g/mol. The van der Waals surface area contributed by atoms with Crippen molar-refractivity contribution < 1.29 is 9.59 Å². The van der Waals surface area contributed by atoms with Gasteiger partial charge in [-0.3, -0.25) is 9.59 Å².